The van der Waals surface area contributed by atoms with Gasteiger partial charge in [0.15, 0.2) is 0 Å². The van der Waals surface area contributed by atoms with E-state index in [1.807, 2.05) is 0 Å². The molecular formula is C21H34N4. The number of hydrogen-bond donors (Lipinski definition) is 1. The standard InChI is InChI=1S/C21H34N4/c1-18-13-21(16-22,17-24(18)14-19-7-3-2-4-8-19)25-12-9-20(15-25)23-10-5-6-11-23/h2-4,7-8,18,20H,5-6,9-17,22H2,1H3. The van der Waals surface area contributed by atoms with E-state index in [0.717, 1.165) is 25.7 Å². The van der Waals surface area contributed by atoms with Crippen LogP contribution in [0.5, 0.6) is 0 Å². The number of hydrogen-bond acceptors (Lipinski definition) is 4. The maximum Gasteiger partial charge on any atom is 0.0474 e. The molecule has 3 saturated heterocycles. The molecule has 1 aromatic rings. The Labute approximate surface area is 153 Å². The minimum absolute atomic E-state index is 0.183. The third kappa shape index (κ3) is 3.50. The molecule has 1 aromatic carbocycles. The highest BCUT2D eigenvalue weighted by Crippen LogP contribution is 2.36. The fourth-order valence-corrected chi connectivity index (χ4v) is 5.39. The molecule has 3 aliphatic rings. The molecule has 3 aliphatic heterocycles. The van der Waals surface area contributed by atoms with Gasteiger partial charge >= 0.3 is 0 Å². The van der Waals surface area contributed by atoms with E-state index >= 15 is 0 Å². The average Bonchev–Trinajstić information content (AvgIpc) is 3.36. The molecule has 138 valence electrons. The molecule has 0 amide bonds. The molecule has 0 aliphatic carbocycles. The molecule has 2 N–H and O–H groups in total. The number of rotatable bonds is 5. The number of benzene rings is 1. The number of nitrogens with zero attached hydrogens (tertiary/aromatic N) is 3. The molecule has 3 heterocycles. The highest BCUT2D eigenvalue weighted by atomic mass is 15.3. The fourth-order valence-electron chi connectivity index (χ4n) is 5.39. The second-order valence-electron chi connectivity index (χ2n) is 8.50. The minimum Gasteiger partial charge on any atom is -0.329 e. The van der Waals surface area contributed by atoms with Crippen LogP contribution in [-0.2, 0) is 6.54 Å². The van der Waals surface area contributed by atoms with Gasteiger partial charge in [0.2, 0.25) is 0 Å². The van der Waals surface area contributed by atoms with E-state index < -0.39 is 0 Å². The minimum atomic E-state index is 0.183. The predicted octanol–water partition coefficient (Wildman–Crippen LogP) is 2.15. The van der Waals surface area contributed by atoms with Crippen molar-refractivity contribution < 1.29 is 0 Å². The van der Waals surface area contributed by atoms with Crippen LogP contribution in [-0.4, -0.2) is 71.6 Å². The molecule has 0 aromatic heterocycles. The lowest BCUT2D eigenvalue weighted by Crippen LogP contribution is -2.55. The second kappa shape index (κ2) is 7.36. The van der Waals surface area contributed by atoms with Crippen molar-refractivity contribution in [2.75, 3.05) is 39.3 Å². The zero-order valence-electron chi connectivity index (χ0n) is 15.7. The van der Waals surface area contributed by atoms with Crippen LogP contribution in [0.2, 0.25) is 0 Å². The Bertz CT molecular complexity index is 556. The summed E-state index contributed by atoms with van der Waals surface area (Å²) in [6, 6.07) is 12.3. The van der Waals surface area contributed by atoms with Crippen LogP contribution in [0.1, 0.15) is 38.2 Å². The quantitative estimate of drug-likeness (QED) is 0.889. The van der Waals surface area contributed by atoms with Crippen LogP contribution in [0, 0.1) is 0 Å². The second-order valence-corrected chi connectivity index (χ2v) is 8.50. The molecule has 4 heteroatoms. The van der Waals surface area contributed by atoms with E-state index in [-0.39, 0.29) is 5.54 Å². The van der Waals surface area contributed by atoms with Crippen molar-refractivity contribution >= 4 is 0 Å². The third-order valence-electron chi connectivity index (χ3n) is 6.90. The van der Waals surface area contributed by atoms with Gasteiger partial charge in [0.25, 0.3) is 0 Å². The van der Waals surface area contributed by atoms with E-state index in [0.29, 0.717) is 6.04 Å². The molecule has 0 bridgehead atoms. The van der Waals surface area contributed by atoms with Gasteiger partial charge in [0.05, 0.1) is 0 Å². The summed E-state index contributed by atoms with van der Waals surface area (Å²) < 4.78 is 0. The first-order valence-corrected chi connectivity index (χ1v) is 10.2. The van der Waals surface area contributed by atoms with Crippen molar-refractivity contribution in [1.82, 2.24) is 14.7 Å². The number of nitrogens with two attached hydrogens (primary N) is 1. The lowest BCUT2D eigenvalue weighted by Gasteiger charge is -2.38. The summed E-state index contributed by atoms with van der Waals surface area (Å²) in [5.74, 6) is 0. The van der Waals surface area contributed by atoms with Gasteiger partial charge in [-0.3, -0.25) is 14.7 Å². The zero-order chi connectivity index (χ0) is 17.3. The highest BCUT2D eigenvalue weighted by Gasteiger charge is 2.47. The van der Waals surface area contributed by atoms with Gasteiger partial charge in [-0.25, -0.2) is 0 Å². The van der Waals surface area contributed by atoms with Gasteiger partial charge in [0.1, 0.15) is 0 Å². The zero-order valence-corrected chi connectivity index (χ0v) is 15.7. The summed E-state index contributed by atoms with van der Waals surface area (Å²) in [6.45, 7) is 10.4. The highest BCUT2D eigenvalue weighted by molar-refractivity contribution is 5.16. The molecule has 0 saturated carbocycles. The van der Waals surface area contributed by atoms with Crippen molar-refractivity contribution in [3.05, 3.63) is 35.9 Å². The summed E-state index contributed by atoms with van der Waals surface area (Å²) in [6.07, 6.45) is 5.32. The first kappa shape index (κ1) is 17.5. The molecule has 0 radical (unpaired) electrons. The molecule has 3 fully saturated rings. The van der Waals surface area contributed by atoms with Gasteiger partial charge in [-0.1, -0.05) is 30.3 Å². The third-order valence-corrected chi connectivity index (χ3v) is 6.90. The lowest BCUT2D eigenvalue weighted by atomic mass is 9.94. The summed E-state index contributed by atoms with van der Waals surface area (Å²) in [4.78, 5) is 8.12. The lowest BCUT2D eigenvalue weighted by molar-refractivity contribution is 0.114. The van der Waals surface area contributed by atoms with Crippen molar-refractivity contribution in [1.29, 1.82) is 0 Å². The Hall–Kier alpha value is -0.940. The molecule has 3 atom stereocenters. The summed E-state index contributed by atoms with van der Waals surface area (Å²) >= 11 is 0. The maximum absolute atomic E-state index is 6.38. The monoisotopic (exact) mass is 342 g/mol. The van der Waals surface area contributed by atoms with Crippen LogP contribution >= 0.6 is 0 Å². The van der Waals surface area contributed by atoms with Crippen molar-refractivity contribution in [2.45, 2.75) is 56.8 Å². The van der Waals surface area contributed by atoms with E-state index in [1.54, 1.807) is 0 Å². The van der Waals surface area contributed by atoms with Crippen molar-refractivity contribution in [3.63, 3.8) is 0 Å². The van der Waals surface area contributed by atoms with Gasteiger partial charge in [0, 0.05) is 50.3 Å². The molecular weight excluding hydrogens is 308 g/mol. The van der Waals surface area contributed by atoms with Crippen LogP contribution in [0.15, 0.2) is 30.3 Å². The van der Waals surface area contributed by atoms with Crippen LogP contribution in [0.3, 0.4) is 0 Å². The molecule has 0 spiro atoms. The van der Waals surface area contributed by atoms with Gasteiger partial charge in [-0.05, 0) is 51.3 Å². The average molecular weight is 343 g/mol. The largest absolute Gasteiger partial charge is 0.329 e. The summed E-state index contributed by atoms with van der Waals surface area (Å²) in [7, 11) is 0. The Balaban J connectivity index is 1.42. The van der Waals surface area contributed by atoms with Crippen LogP contribution in [0.4, 0.5) is 0 Å². The molecule has 4 nitrogen and oxygen atoms in total. The Kier molecular flexibility index (Phi) is 5.14. The van der Waals surface area contributed by atoms with Crippen molar-refractivity contribution in [2.24, 2.45) is 5.73 Å². The first-order valence-electron chi connectivity index (χ1n) is 10.2. The fraction of sp³-hybridized carbons (Fsp3) is 0.714. The van der Waals surface area contributed by atoms with E-state index in [2.05, 4.69) is 52.0 Å². The van der Waals surface area contributed by atoms with Crippen molar-refractivity contribution in [3.8, 4) is 0 Å². The summed E-state index contributed by atoms with van der Waals surface area (Å²) in [5.41, 5.74) is 7.98. The topological polar surface area (TPSA) is 35.7 Å². The van der Waals surface area contributed by atoms with Crippen LogP contribution < -0.4 is 5.73 Å². The Morgan fingerprint density at radius 2 is 1.88 bits per heavy atom. The molecule has 25 heavy (non-hydrogen) atoms. The Morgan fingerprint density at radius 3 is 2.60 bits per heavy atom. The number of likely N-dealkylation sites (tertiary alicyclic amines) is 3. The normalized spacial score (nSPS) is 35.0. The molecule has 3 unspecified atom stereocenters. The van der Waals surface area contributed by atoms with E-state index in [4.69, 9.17) is 5.73 Å². The SMILES string of the molecule is CC1CC(CN)(N2CCC(N3CCCC3)C2)CN1Cc1ccccc1. The van der Waals surface area contributed by atoms with Gasteiger partial charge < -0.3 is 5.73 Å². The molecule has 4 rings (SSSR count). The first-order chi connectivity index (χ1) is 12.2. The maximum atomic E-state index is 6.38. The smallest absolute Gasteiger partial charge is 0.0474 e. The van der Waals surface area contributed by atoms with Gasteiger partial charge in [-0.2, -0.15) is 0 Å². The van der Waals surface area contributed by atoms with Gasteiger partial charge in [-0.15, -0.1) is 0 Å². The van der Waals surface area contributed by atoms with Crippen LogP contribution in [0.25, 0.3) is 0 Å². The van der Waals surface area contributed by atoms with E-state index in [1.165, 1.54) is 57.4 Å². The van der Waals surface area contributed by atoms with E-state index in [9.17, 15) is 0 Å². The predicted molar refractivity (Wildman–Crippen MR) is 104 cm³/mol. The summed E-state index contributed by atoms with van der Waals surface area (Å²) in [5, 5.41) is 0. The Morgan fingerprint density at radius 1 is 1.12 bits per heavy atom.